The molecule has 0 saturated heterocycles. The Labute approximate surface area is 143 Å². The standard InChI is InChI=1S/C19H26N4O/c1-12(2)8-17-16(10-21)18(19(22-11-24)13(3)23-17)15-6-4-14(9-20)5-7-15/h4-7,11-12H,8-10,20-21H2,1-3H3,(H,22,24). The second kappa shape index (κ2) is 8.04. The molecule has 1 amide bonds. The van der Waals surface area contributed by atoms with Crippen LogP contribution in [0.15, 0.2) is 24.3 Å². The van der Waals surface area contributed by atoms with E-state index in [1.807, 2.05) is 31.2 Å². The molecule has 2 aromatic rings. The molecule has 0 bridgehead atoms. The maximum absolute atomic E-state index is 11.1. The van der Waals surface area contributed by atoms with E-state index < -0.39 is 0 Å². The van der Waals surface area contributed by atoms with Gasteiger partial charge in [0.25, 0.3) is 0 Å². The SMILES string of the molecule is Cc1nc(CC(C)C)c(CN)c(-c2ccc(CN)cc2)c1NC=O. The summed E-state index contributed by atoms with van der Waals surface area (Å²) in [6.07, 6.45) is 1.53. The van der Waals surface area contributed by atoms with Crippen molar-refractivity contribution in [3.05, 3.63) is 46.8 Å². The lowest BCUT2D eigenvalue weighted by molar-refractivity contribution is -0.105. The number of carbonyl (C=O) groups excluding carboxylic acids is 1. The number of hydrogen-bond donors (Lipinski definition) is 3. The first kappa shape index (κ1) is 18.1. The van der Waals surface area contributed by atoms with Gasteiger partial charge in [0, 0.05) is 24.3 Å². The van der Waals surface area contributed by atoms with Gasteiger partial charge in [-0.05, 0) is 36.0 Å². The maximum Gasteiger partial charge on any atom is 0.211 e. The first-order valence-corrected chi connectivity index (χ1v) is 8.23. The van der Waals surface area contributed by atoms with E-state index in [1.54, 1.807) is 0 Å². The zero-order valence-electron chi connectivity index (χ0n) is 14.6. The normalized spacial score (nSPS) is 10.9. The van der Waals surface area contributed by atoms with E-state index in [1.165, 1.54) is 0 Å². The van der Waals surface area contributed by atoms with Crippen molar-refractivity contribution >= 4 is 12.1 Å². The quantitative estimate of drug-likeness (QED) is 0.682. The summed E-state index contributed by atoms with van der Waals surface area (Å²) in [5, 5.41) is 2.80. The van der Waals surface area contributed by atoms with E-state index in [4.69, 9.17) is 16.5 Å². The average Bonchev–Trinajstić information content (AvgIpc) is 2.56. The van der Waals surface area contributed by atoms with Crippen LogP contribution in [-0.4, -0.2) is 11.4 Å². The lowest BCUT2D eigenvalue weighted by Gasteiger charge is -2.20. The highest BCUT2D eigenvalue weighted by Crippen LogP contribution is 2.35. The van der Waals surface area contributed by atoms with Gasteiger partial charge < -0.3 is 16.8 Å². The van der Waals surface area contributed by atoms with E-state index in [-0.39, 0.29) is 0 Å². The fourth-order valence-corrected chi connectivity index (χ4v) is 2.94. The molecule has 5 nitrogen and oxygen atoms in total. The van der Waals surface area contributed by atoms with Crippen LogP contribution < -0.4 is 16.8 Å². The van der Waals surface area contributed by atoms with Crippen LogP contribution in [-0.2, 0) is 24.3 Å². The summed E-state index contributed by atoms with van der Waals surface area (Å²) in [6, 6.07) is 8.03. The second-order valence-corrected chi connectivity index (χ2v) is 6.34. The van der Waals surface area contributed by atoms with Gasteiger partial charge in [0.15, 0.2) is 0 Å². The Hall–Kier alpha value is -2.24. The number of benzene rings is 1. The average molecular weight is 326 g/mol. The number of hydrogen-bond acceptors (Lipinski definition) is 4. The molecule has 0 spiro atoms. The third-order valence-electron chi connectivity index (χ3n) is 4.05. The monoisotopic (exact) mass is 326 g/mol. The van der Waals surface area contributed by atoms with Gasteiger partial charge in [0.2, 0.25) is 6.41 Å². The predicted molar refractivity (Wildman–Crippen MR) is 98.4 cm³/mol. The van der Waals surface area contributed by atoms with Crippen LogP contribution in [0.2, 0.25) is 0 Å². The Morgan fingerprint density at radius 1 is 1.17 bits per heavy atom. The molecular weight excluding hydrogens is 300 g/mol. The summed E-state index contributed by atoms with van der Waals surface area (Å²) < 4.78 is 0. The molecule has 0 unspecified atom stereocenters. The van der Waals surface area contributed by atoms with Crippen LogP contribution in [0.5, 0.6) is 0 Å². The molecule has 1 aromatic carbocycles. The van der Waals surface area contributed by atoms with E-state index >= 15 is 0 Å². The Morgan fingerprint density at radius 2 is 1.83 bits per heavy atom. The Morgan fingerprint density at radius 3 is 2.33 bits per heavy atom. The van der Waals surface area contributed by atoms with Crippen molar-refractivity contribution in [2.24, 2.45) is 17.4 Å². The van der Waals surface area contributed by atoms with Gasteiger partial charge in [0.05, 0.1) is 11.4 Å². The third-order valence-corrected chi connectivity index (χ3v) is 4.05. The third kappa shape index (κ3) is 3.80. The molecule has 1 heterocycles. The highest BCUT2D eigenvalue weighted by molar-refractivity contribution is 5.88. The van der Waals surface area contributed by atoms with E-state index in [0.29, 0.717) is 25.4 Å². The number of rotatable bonds is 7. The van der Waals surface area contributed by atoms with Gasteiger partial charge >= 0.3 is 0 Å². The van der Waals surface area contributed by atoms with Crippen molar-refractivity contribution in [3.63, 3.8) is 0 Å². The molecule has 24 heavy (non-hydrogen) atoms. The number of anilines is 1. The molecule has 2 rings (SSSR count). The molecule has 0 atom stereocenters. The van der Waals surface area contributed by atoms with E-state index in [9.17, 15) is 4.79 Å². The van der Waals surface area contributed by atoms with Crippen LogP contribution in [0.3, 0.4) is 0 Å². The molecule has 0 saturated carbocycles. The van der Waals surface area contributed by atoms with Gasteiger partial charge in [-0.2, -0.15) is 0 Å². The molecule has 5 N–H and O–H groups in total. The first-order chi connectivity index (χ1) is 11.5. The summed E-state index contributed by atoms with van der Waals surface area (Å²) in [6.45, 7) is 7.09. The van der Waals surface area contributed by atoms with Crippen LogP contribution >= 0.6 is 0 Å². The highest BCUT2D eigenvalue weighted by Gasteiger charge is 2.19. The summed E-state index contributed by atoms with van der Waals surface area (Å²) in [7, 11) is 0. The second-order valence-electron chi connectivity index (χ2n) is 6.34. The zero-order chi connectivity index (χ0) is 17.7. The summed E-state index contributed by atoms with van der Waals surface area (Å²) >= 11 is 0. The molecular formula is C19H26N4O. The van der Waals surface area contributed by atoms with Gasteiger partial charge in [-0.1, -0.05) is 38.1 Å². The van der Waals surface area contributed by atoms with Gasteiger partial charge in [-0.3, -0.25) is 9.78 Å². The fraction of sp³-hybridized carbons (Fsp3) is 0.368. The lowest BCUT2D eigenvalue weighted by atomic mass is 9.92. The molecule has 1 aromatic heterocycles. The number of nitrogens with one attached hydrogen (secondary N) is 1. The number of nitrogens with zero attached hydrogens (tertiary/aromatic N) is 1. The van der Waals surface area contributed by atoms with Crippen molar-refractivity contribution < 1.29 is 4.79 Å². The topological polar surface area (TPSA) is 94.0 Å². The molecule has 0 fully saturated rings. The summed E-state index contributed by atoms with van der Waals surface area (Å²) in [5.41, 5.74) is 18.3. The minimum absolute atomic E-state index is 0.372. The van der Waals surface area contributed by atoms with Crippen molar-refractivity contribution in [1.29, 1.82) is 0 Å². The number of amides is 1. The molecule has 0 radical (unpaired) electrons. The minimum atomic E-state index is 0.372. The van der Waals surface area contributed by atoms with Crippen LogP contribution in [0.4, 0.5) is 5.69 Å². The van der Waals surface area contributed by atoms with E-state index in [2.05, 4.69) is 19.2 Å². The first-order valence-electron chi connectivity index (χ1n) is 8.23. The molecule has 128 valence electrons. The van der Waals surface area contributed by atoms with Crippen molar-refractivity contribution in [3.8, 4) is 11.1 Å². The minimum Gasteiger partial charge on any atom is -0.327 e. The summed E-state index contributed by atoms with van der Waals surface area (Å²) in [4.78, 5) is 15.8. The predicted octanol–water partition coefficient (Wildman–Crippen LogP) is 2.74. The van der Waals surface area contributed by atoms with Gasteiger partial charge in [-0.25, -0.2) is 0 Å². The Balaban J connectivity index is 2.71. The number of nitrogens with two attached hydrogens (primary N) is 2. The number of aromatic nitrogens is 1. The number of carbonyl (C=O) groups is 1. The van der Waals surface area contributed by atoms with Crippen molar-refractivity contribution in [2.75, 3.05) is 5.32 Å². The lowest BCUT2D eigenvalue weighted by Crippen LogP contribution is -2.13. The van der Waals surface area contributed by atoms with Gasteiger partial charge in [-0.15, -0.1) is 0 Å². The molecule has 0 aliphatic heterocycles. The molecule has 5 heteroatoms. The summed E-state index contributed by atoms with van der Waals surface area (Å²) in [5.74, 6) is 0.472. The molecule has 0 aliphatic carbocycles. The molecule has 0 aliphatic rings. The fourth-order valence-electron chi connectivity index (χ4n) is 2.94. The zero-order valence-corrected chi connectivity index (χ0v) is 14.6. The Bertz CT molecular complexity index is 708. The number of aryl methyl sites for hydroxylation is 1. The Kier molecular flexibility index (Phi) is 6.06. The van der Waals surface area contributed by atoms with E-state index in [0.717, 1.165) is 45.7 Å². The van der Waals surface area contributed by atoms with Crippen LogP contribution in [0.25, 0.3) is 11.1 Å². The van der Waals surface area contributed by atoms with Crippen molar-refractivity contribution in [1.82, 2.24) is 4.98 Å². The highest BCUT2D eigenvalue weighted by atomic mass is 16.1. The maximum atomic E-state index is 11.1. The van der Waals surface area contributed by atoms with Crippen LogP contribution in [0.1, 0.15) is 36.4 Å². The van der Waals surface area contributed by atoms with Crippen molar-refractivity contribution in [2.45, 2.75) is 40.3 Å². The largest absolute Gasteiger partial charge is 0.327 e. The van der Waals surface area contributed by atoms with Crippen LogP contribution in [0, 0.1) is 12.8 Å². The smallest absolute Gasteiger partial charge is 0.211 e. The van der Waals surface area contributed by atoms with Gasteiger partial charge in [0.1, 0.15) is 0 Å². The number of pyridine rings is 1.